The van der Waals surface area contributed by atoms with Crippen LogP contribution in [0.1, 0.15) is 6.92 Å². The monoisotopic (exact) mass is 376 g/mol. The van der Waals surface area contributed by atoms with E-state index in [-0.39, 0.29) is 10.9 Å². The maximum absolute atomic E-state index is 12.9. The molecule has 1 aromatic rings. The summed E-state index contributed by atoms with van der Waals surface area (Å²) in [6.45, 7) is 0.905. The Balaban J connectivity index is 2.53. The van der Waals surface area contributed by atoms with Crippen LogP contribution in [0.5, 0.6) is 0 Å². The lowest BCUT2D eigenvalue weighted by atomic mass is 10.3. The highest BCUT2D eigenvalue weighted by Gasteiger charge is 2.24. The third kappa shape index (κ3) is 6.77. The van der Waals surface area contributed by atoms with Crippen LogP contribution in [0.25, 0.3) is 0 Å². The van der Waals surface area contributed by atoms with Crippen molar-refractivity contribution in [1.29, 1.82) is 0 Å². The number of halogens is 1. The number of benzene rings is 1. The Hall–Kier alpha value is -2.04. The molecule has 0 heterocycles. The van der Waals surface area contributed by atoms with E-state index in [1.807, 2.05) is 0 Å². The second-order valence-corrected chi connectivity index (χ2v) is 7.34. The SMILES string of the molecule is COCC(C)NC(=O)COC(=O)CN(C)S(=O)(=O)c1ccc(F)cc1. The zero-order valence-electron chi connectivity index (χ0n) is 14.2. The molecule has 1 unspecified atom stereocenters. The molecular weight excluding hydrogens is 355 g/mol. The molecule has 0 spiro atoms. The van der Waals surface area contributed by atoms with Crippen molar-refractivity contribution < 1.29 is 31.9 Å². The number of amides is 1. The van der Waals surface area contributed by atoms with Gasteiger partial charge in [0.1, 0.15) is 12.4 Å². The Morgan fingerprint density at radius 1 is 1.28 bits per heavy atom. The van der Waals surface area contributed by atoms with Gasteiger partial charge in [0.05, 0.1) is 11.5 Å². The number of hydrogen-bond donors (Lipinski definition) is 1. The number of esters is 1. The normalized spacial score (nSPS) is 12.7. The molecule has 1 rings (SSSR count). The summed E-state index contributed by atoms with van der Waals surface area (Å²) in [5.74, 6) is -1.99. The van der Waals surface area contributed by atoms with Crippen molar-refractivity contribution in [2.75, 3.05) is 33.9 Å². The van der Waals surface area contributed by atoms with E-state index < -0.39 is 40.9 Å². The van der Waals surface area contributed by atoms with E-state index in [4.69, 9.17) is 9.47 Å². The van der Waals surface area contributed by atoms with Crippen LogP contribution < -0.4 is 5.32 Å². The summed E-state index contributed by atoms with van der Waals surface area (Å²) >= 11 is 0. The highest BCUT2D eigenvalue weighted by atomic mass is 32.2. The first kappa shape index (κ1) is 21.0. The zero-order valence-corrected chi connectivity index (χ0v) is 15.0. The summed E-state index contributed by atoms with van der Waals surface area (Å²) in [6, 6.07) is 3.95. The topological polar surface area (TPSA) is 102 Å². The highest BCUT2D eigenvalue weighted by Crippen LogP contribution is 2.14. The number of sulfonamides is 1. The highest BCUT2D eigenvalue weighted by molar-refractivity contribution is 7.89. The summed E-state index contributed by atoms with van der Waals surface area (Å²) in [7, 11) is -1.30. The molecule has 1 amide bonds. The molecule has 0 aliphatic carbocycles. The number of rotatable bonds is 9. The molecule has 10 heteroatoms. The molecule has 0 saturated carbocycles. The lowest BCUT2D eigenvalue weighted by Crippen LogP contribution is -2.39. The van der Waals surface area contributed by atoms with E-state index in [0.717, 1.165) is 28.6 Å². The lowest BCUT2D eigenvalue weighted by Gasteiger charge is -2.17. The molecule has 0 bridgehead atoms. The molecule has 0 radical (unpaired) electrons. The standard InChI is InChI=1S/C15H21FN2O6S/c1-11(9-23-3)17-14(19)10-24-15(20)8-18(2)25(21,22)13-6-4-12(16)5-7-13/h4-7,11H,8-10H2,1-3H3,(H,17,19). The fourth-order valence-electron chi connectivity index (χ4n) is 1.85. The molecular formula is C15H21FN2O6S. The maximum Gasteiger partial charge on any atom is 0.321 e. The first-order valence-electron chi connectivity index (χ1n) is 7.32. The minimum absolute atomic E-state index is 0.157. The number of nitrogens with zero attached hydrogens (tertiary/aromatic N) is 1. The molecule has 8 nitrogen and oxygen atoms in total. The van der Waals surface area contributed by atoms with Crippen molar-refractivity contribution >= 4 is 21.9 Å². The fraction of sp³-hybridized carbons (Fsp3) is 0.467. The predicted octanol–water partition coefficient (Wildman–Crippen LogP) is 0.141. The van der Waals surface area contributed by atoms with E-state index >= 15 is 0 Å². The Bertz CT molecular complexity index is 692. The molecule has 1 N–H and O–H groups in total. The van der Waals surface area contributed by atoms with E-state index in [2.05, 4.69) is 5.32 Å². The van der Waals surface area contributed by atoms with Crippen LogP contribution in [0.4, 0.5) is 4.39 Å². The quantitative estimate of drug-likeness (QED) is 0.615. The Morgan fingerprint density at radius 2 is 1.88 bits per heavy atom. The summed E-state index contributed by atoms with van der Waals surface area (Å²) in [5.41, 5.74) is 0. The first-order chi connectivity index (χ1) is 11.7. The fourth-order valence-corrected chi connectivity index (χ4v) is 2.97. The largest absolute Gasteiger partial charge is 0.455 e. The second kappa shape index (κ2) is 9.44. The van der Waals surface area contributed by atoms with Gasteiger partial charge in [-0.2, -0.15) is 4.31 Å². The lowest BCUT2D eigenvalue weighted by molar-refractivity contribution is -0.148. The minimum atomic E-state index is -3.97. The van der Waals surface area contributed by atoms with E-state index in [9.17, 15) is 22.4 Å². The molecule has 0 aliphatic rings. The van der Waals surface area contributed by atoms with Gasteiger partial charge in [0.2, 0.25) is 10.0 Å². The van der Waals surface area contributed by atoms with Gasteiger partial charge in [0, 0.05) is 20.2 Å². The average Bonchev–Trinajstić information content (AvgIpc) is 2.53. The first-order valence-corrected chi connectivity index (χ1v) is 8.76. The van der Waals surface area contributed by atoms with Crippen molar-refractivity contribution in [3.05, 3.63) is 30.1 Å². The number of carbonyl (C=O) groups is 2. The van der Waals surface area contributed by atoms with Crippen LogP contribution in [0.2, 0.25) is 0 Å². The number of methoxy groups -OCH3 is 1. The number of ether oxygens (including phenoxy) is 2. The summed E-state index contributed by atoms with van der Waals surface area (Å²) < 4.78 is 47.7. The number of likely N-dealkylation sites (N-methyl/N-ethyl adjacent to an activating group) is 1. The van der Waals surface area contributed by atoms with Crippen LogP contribution in [0.3, 0.4) is 0 Å². The molecule has 0 aliphatic heterocycles. The van der Waals surface area contributed by atoms with Gasteiger partial charge < -0.3 is 14.8 Å². The molecule has 1 atom stereocenters. The Labute approximate surface area is 146 Å². The van der Waals surface area contributed by atoms with Gasteiger partial charge in [0.15, 0.2) is 6.61 Å². The van der Waals surface area contributed by atoms with Gasteiger partial charge in [-0.15, -0.1) is 0 Å². The third-order valence-corrected chi connectivity index (χ3v) is 4.88. The molecule has 25 heavy (non-hydrogen) atoms. The summed E-state index contributed by atoms with van der Waals surface area (Å²) in [6.07, 6.45) is 0. The van der Waals surface area contributed by atoms with Crippen LogP contribution in [-0.4, -0.2) is 64.6 Å². The van der Waals surface area contributed by atoms with E-state index in [0.29, 0.717) is 6.61 Å². The number of carbonyl (C=O) groups excluding carboxylic acids is 2. The molecule has 0 fully saturated rings. The van der Waals surface area contributed by atoms with Crippen molar-refractivity contribution in [2.24, 2.45) is 0 Å². The molecule has 0 saturated heterocycles. The second-order valence-electron chi connectivity index (χ2n) is 5.30. The Morgan fingerprint density at radius 3 is 2.44 bits per heavy atom. The zero-order chi connectivity index (χ0) is 19.0. The smallest absolute Gasteiger partial charge is 0.321 e. The van der Waals surface area contributed by atoms with Crippen LogP contribution in [0, 0.1) is 5.82 Å². The minimum Gasteiger partial charge on any atom is -0.455 e. The Kier molecular flexibility index (Phi) is 7.94. The van der Waals surface area contributed by atoms with Gasteiger partial charge in [-0.05, 0) is 31.2 Å². The summed E-state index contributed by atoms with van der Waals surface area (Å²) in [5, 5.41) is 2.54. The van der Waals surface area contributed by atoms with E-state index in [1.54, 1.807) is 6.92 Å². The van der Waals surface area contributed by atoms with Crippen molar-refractivity contribution in [3.63, 3.8) is 0 Å². The molecule has 1 aromatic carbocycles. The van der Waals surface area contributed by atoms with Crippen molar-refractivity contribution in [2.45, 2.75) is 17.9 Å². The van der Waals surface area contributed by atoms with Crippen LogP contribution >= 0.6 is 0 Å². The van der Waals surface area contributed by atoms with Crippen molar-refractivity contribution in [3.8, 4) is 0 Å². The third-order valence-electron chi connectivity index (χ3n) is 3.06. The number of hydrogen-bond acceptors (Lipinski definition) is 6. The average molecular weight is 376 g/mol. The van der Waals surface area contributed by atoms with Gasteiger partial charge in [-0.25, -0.2) is 12.8 Å². The number of nitrogens with one attached hydrogen (secondary N) is 1. The van der Waals surface area contributed by atoms with Gasteiger partial charge >= 0.3 is 5.97 Å². The molecule has 0 aromatic heterocycles. The predicted molar refractivity (Wildman–Crippen MR) is 86.7 cm³/mol. The van der Waals surface area contributed by atoms with E-state index in [1.165, 1.54) is 14.2 Å². The van der Waals surface area contributed by atoms with Crippen LogP contribution in [-0.2, 0) is 29.1 Å². The van der Waals surface area contributed by atoms with Crippen molar-refractivity contribution in [1.82, 2.24) is 9.62 Å². The summed E-state index contributed by atoms with van der Waals surface area (Å²) in [4.78, 5) is 23.1. The van der Waals surface area contributed by atoms with Gasteiger partial charge in [-0.1, -0.05) is 0 Å². The maximum atomic E-state index is 12.9. The van der Waals surface area contributed by atoms with Gasteiger partial charge in [0.25, 0.3) is 5.91 Å². The van der Waals surface area contributed by atoms with Gasteiger partial charge in [-0.3, -0.25) is 9.59 Å². The molecule has 140 valence electrons. The van der Waals surface area contributed by atoms with Crippen LogP contribution in [0.15, 0.2) is 29.2 Å².